The summed E-state index contributed by atoms with van der Waals surface area (Å²) in [6, 6.07) is 1.74. The number of nitrogens with one attached hydrogen (secondary N) is 1. The number of rotatable bonds is 2. The quantitative estimate of drug-likeness (QED) is 0.836. The number of carbonyl (C=O) groups excluding carboxylic acids is 1. The molecular formula is C14H18N2O4. The number of hydrogen-bond donors (Lipinski definition) is 2. The fraction of sp³-hybridized carbons (Fsp3) is 0.500. The van der Waals surface area contributed by atoms with Crippen LogP contribution in [0.25, 0.3) is 0 Å². The van der Waals surface area contributed by atoms with Gasteiger partial charge in [-0.1, -0.05) is 6.92 Å². The third-order valence-corrected chi connectivity index (χ3v) is 3.80. The minimum absolute atomic E-state index is 0.105. The maximum Gasteiger partial charge on any atom is 0.308 e. The second-order valence-corrected chi connectivity index (χ2v) is 5.47. The number of pyridine rings is 1. The van der Waals surface area contributed by atoms with Crippen LogP contribution in [-0.4, -0.2) is 40.0 Å². The topological polar surface area (TPSA) is 90.5 Å². The van der Waals surface area contributed by atoms with Crippen molar-refractivity contribution in [1.29, 1.82) is 0 Å². The molecule has 2 rings (SSSR count). The Balaban J connectivity index is 2.30. The van der Waals surface area contributed by atoms with Gasteiger partial charge < -0.3 is 15.0 Å². The van der Waals surface area contributed by atoms with Crippen molar-refractivity contribution in [3.05, 3.63) is 33.2 Å². The SMILES string of the molecule is Cc1cc(C)c(C(=O)N2CC(C)C(C(=O)O)C2)c(=O)[nH]1. The first-order valence-corrected chi connectivity index (χ1v) is 6.54. The summed E-state index contributed by atoms with van der Waals surface area (Å²) in [4.78, 5) is 39.5. The van der Waals surface area contributed by atoms with Crippen LogP contribution >= 0.6 is 0 Å². The summed E-state index contributed by atoms with van der Waals surface area (Å²) in [7, 11) is 0. The molecule has 6 nitrogen and oxygen atoms in total. The normalized spacial score (nSPS) is 22.1. The van der Waals surface area contributed by atoms with Gasteiger partial charge in [0, 0.05) is 18.8 Å². The lowest BCUT2D eigenvalue weighted by molar-refractivity contribution is -0.142. The van der Waals surface area contributed by atoms with Crippen LogP contribution in [0, 0.1) is 25.7 Å². The minimum Gasteiger partial charge on any atom is -0.481 e. The number of nitrogens with zero attached hydrogens (tertiary/aromatic N) is 1. The van der Waals surface area contributed by atoms with Crippen LogP contribution < -0.4 is 5.56 Å². The van der Waals surface area contributed by atoms with Gasteiger partial charge in [-0.25, -0.2) is 0 Å². The van der Waals surface area contributed by atoms with Crippen molar-refractivity contribution in [2.45, 2.75) is 20.8 Å². The van der Waals surface area contributed by atoms with E-state index in [2.05, 4.69) is 4.98 Å². The van der Waals surface area contributed by atoms with Gasteiger partial charge in [0.05, 0.1) is 5.92 Å². The first-order chi connectivity index (χ1) is 9.31. The van der Waals surface area contributed by atoms with E-state index in [1.54, 1.807) is 26.8 Å². The third kappa shape index (κ3) is 2.45. The molecule has 1 fully saturated rings. The zero-order chi connectivity index (χ0) is 15.0. The number of likely N-dealkylation sites (tertiary alicyclic amines) is 1. The van der Waals surface area contributed by atoms with Gasteiger partial charge in [-0.05, 0) is 31.4 Å². The number of carboxylic acids is 1. The van der Waals surface area contributed by atoms with Gasteiger partial charge in [-0.2, -0.15) is 0 Å². The second-order valence-electron chi connectivity index (χ2n) is 5.47. The fourth-order valence-electron chi connectivity index (χ4n) is 2.73. The van der Waals surface area contributed by atoms with Crippen molar-refractivity contribution in [3.63, 3.8) is 0 Å². The standard InChI is InChI=1S/C14H18N2O4/c1-7-4-9(3)15-12(17)11(7)13(18)16-5-8(2)10(6-16)14(19)20/h4,8,10H,5-6H2,1-3H3,(H,15,17)(H,19,20). The van der Waals surface area contributed by atoms with Crippen LogP contribution in [0.5, 0.6) is 0 Å². The molecule has 0 bridgehead atoms. The lowest BCUT2D eigenvalue weighted by Gasteiger charge is -2.16. The number of H-pyrrole nitrogens is 1. The summed E-state index contributed by atoms with van der Waals surface area (Å²) in [5.41, 5.74) is 0.998. The average molecular weight is 278 g/mol. The summed E-state index contributed by atoms with van der Waals surface area (Å²) >= 11 is 0. The third-order valence-electron chi connectivity index (χ3n) is 3.80. The molecule has 0 saturated carbocycles. The van der Waals surface area contributed by atoms with E-state index in [1.165, 1.54) is 4.90 Å². The summed E-state index contributed by atoms with van der Waals surface area (Å²) < 4.78 is 0. The van der Waals surface area contributed by atoms with E-state index in [-0.39, 0.29) is 23.9 Å². The van der Waals surface area contributed by atoms with E-state index >= 15 is 0 Å². The van der Waals surface area contributed by atoms with Crippen molar-refractivity contribution in [2.24, 2.45) is 11.8 Å². The molecule has 1 saturated heterocycles. The minimum atomic E-state index is -0.901. The molecule has 0 spiro atoms. The smallest absolute Gasteiger partial charge is 0.308 e. The first-order valence-electron chi connectivity index (χ1n) is 6.54. The average Bonchev–Trinajstić information content (AvgIpc) is 2.69. The second kappa shape index (κ2) is 5.11. The molecule has 1 aliphatic heterocycles. The van der Waals surface area contributed by atoms with E-state index in [4.69, 9.17) is 5.11 Å². The summed E-state index contributed by atoms with van der Waals surface area (Å²) in [6.07, 6.45) is 0. The maximum atomic E-state index is 12.4. The number of carbonyl (C=O) groups is 2. The van der Waals surface area contributed by atoms with Crippen LogP contribution in [0.1, 0.15) is 28.5 Å². The van der Waals surface area contributed by atoms with Gasteiger partial charge in [0.25, 0.3) is 11.5 Å². The lowest BCUT2D eigenvalue weighted by Crippen LogP contribution is -2.35. The molecule has 2 unspecified atom stereocenters. The first kappa shape index (κ1) is 14.3. The highest BCUT2D eigenvalue weighted by atomic mass is 16.4. The summed E-state index contributed by atoms with van der Waals surface area (Å²) in [6.45, 7) is 5.79. The molecule has 108 valence electrons. The predicted molar refractivity (Wildman–Crippen MR) is 72.7 cm³/mol. The maximum absolute atomic E-state index is 12.4. The fourth-order valence-corrected chi connectivity index (χ4v) is 2.73. The van der Waals surface area contributed by atoms with E-state index in [9.17, 15) is 14.4 Å². The van der Waals surface area contributed by atoms with Gasteiger partial charge in [0.15, 0.2) is 0 Å². The van der Waals surface area contributed by atoms with Crippen molar-refractivity contribution in [1.82, 2.24) is 9.88 Å². The molecule has 2 N–H and O–H groups in total. The number of hydrogen-bond acceptors (Lipinski definition) is 3. The summed E-state index contributed by atoms with van der Waals surface area (Å²) in [5.74, 6) is -1.97. The van der Waals surface area contributed by atoms with Crippen LogP contribution in [0.3, 0.4) is 0 Å². The van der Waals surface area contributed by atoms with E-state index in [1.807, 2.05) is 0 Å². The molecule has 1 aromatic rings. The Labute approximate surface area is 116 Å². The largest absolute Gasteiger partial charge is 0.481 e. The molecule has 2 atom stereocenters. The van der Waals surface area contributed by atoms with E-state index in [0.29, 0.717) is 17.8 Å². The Morgan fingerprint density at radius 1 is 1.35 bits per heavy atom. The van der Waals surface area contributed by atoms with Crippen molar-refractivity contribution < 1.29 is 14.7 Å². The predicted octanol–water partition coefficient (Wildman–Crippen LogP) is 0.784. The molecule has 20 heavy (non-hydrogen) atoms. The molecule has 6 heteroatoms. The Morgan fingerprint density at radius 2 is 2.00 bits per heavy atom. The lowest BCUT2D eigenvalue weighted by atomic mass is 9.99. The van der Waals surface area contributed by atoms with Crippen LogP contribution in [0.15, 0.2) is 10.9 Å². The van der Waals surface area contributed by atoms with Crippen LogP contribution in [0.4, 0.5) is 0 Å². The molecule has 0 radical (unpaired) electrons. The van der Waals surface area contributed by atoms with Crippen molar-refractivity contribution in [2.75, 3.05) is 13.1 Å². The van der Waals surface area contributed by atoms with Crippen LogP contribution in [0.2, 0.25) is 0 Å². The molecule has 1 aliphatic rings. The van der Waals surface area contributed by atoms with Gasteiger partial charge in [-0.15, -0.1) is 0 Å². The van der Waals surface area contributed by atoms with Crippen molar-refractivity contribution >= 4 is 11.9 Å². The van der Waals surface area contributed by atoms with Gasteiger partial charge in [0.2, 0.25) is 0 Å². The number of aliphatic carboxylic acids is 1. The zero-order valence-corrected chi connectivity index (χ0v) is 11.8. The number of carboxylic acid groups (broad SMARTS) is 1. The molecule has 0 aromatic carbocycles. The number of aromatic nitrogens is 1. The van der Waals surface area contributed by atoms with Gasteiger partial charge >= 0.3 is 5.97 Å². The molecule has 2 heterocycles. The Hall–Kier alpha value is -2.11. The van der Waals surface area contributed by atoms with Crippen molar-refractivity contribution in [3.8, 4) is 0 Å². The Kier molecular flexibility index (Phi) is 3.65. The number of aryl methyl sites for hydroxylation is 2. The molecule has 0 aliphatic carbocycles. The molecular weight excluding hydrogens is 260 g/mol. The monoisotopic (exact) mass is 278 g/mol. The van der Waals surface area contributed by atoms with E-state index < -0.39 is 17.4 Å². The number of amides is 1. The highest BCUT2D eigenvalue weighted by Gasteiger charge is 2.38. The van der Waals surface area contributed by atoms with Gasteiger partial charge in [-0.3, -0.25) is 14.4 Å². The highest BCUT2D eigenvalue weighted by molar-refractivity contribution is 5.95. The molecule has 1 aromatic heterocycles. The Bertz CT molecular complexity index is 620. The van der Waals surface area contributed by atoms with E-state index in [0.717, 1.165) is 0 Å². The summed E-state index contributed by atoms with van der Waals surface area (Å²) in [5, 5.41) is 9.09. The Morgan fingerprint density at radius 3 is 2.50 bits per heavy atom. The highest BCUT2D eigenvalue weighted by Crippen LogP contribution is 2.24. The number of aromatic amines is 1. The zero-order valence-electron chi connectivity index (χ0n) is 11.8. The molecule has 1 amide bonds. The van der Waals surface area contributed by atoms with Gasteiger partial charge in [0.1, 0.15) is 5.56 Å². The van der Waals surface area contributed by atoms with Crippen LogP contribution in [-0.2, 0) is 4.79 Å².